The Kier molecular flexibility index (Phi) is 7.49. The van der Waals surface area contributed by atoms with E-state index in [-0.39, 0.29) is 23.7 Å². The van der Waals surface area contributed by atoms with Crippen LogP contribution in [0, 0.1) is 11.2 Å². The van der Waals surface area contributed by atoms with Crippen molar-refractivity contribution in [2.24, 2.45) is 5.41 Å². The van der Waals surface area contributed by atoms with Crippen molar-refractivity contribution in [3.8, 4) is 5.75 Å². The quantitative estimate of drug-likeness (QED) is 0.597. The molecule has 3 rings (SSSR count). The number of ether oxygens (including phenoxy) is 1. The maximum atomic E-state index is 13.6. The van der Waals surface area contributed by atoms with Gasteiger partial charge in [0.1, 0.15) is 18.2 Å². The number of carbonyl (C=O) groups excluding carboxylic acids is 1. The maximum Gasteiger partial charge on any atom is 0.224 e. The normalized spacial score (nSPS) is 13.9. The Labute approximate surface area is 188 Å². The van der Waals surface area contributed by atoms with E-state index in [0.29, 0.717) is 43.1 Å². The van der Waals surface area contributed by atoms with Crippen LogP contribution in [0.2, 0.25) is 0 Å². The Morgan fingerprint density at radius 3 is 2.74 bits per heavy atom. The van der Waals surface area contributed by atoms with Gasteiger partial charge in [-0.3, -0.25) is 4.79 Å². The summed E-state index contributed by atoms with van der Waals surface area (Å²) < 4.78 is 19.3. The number of fused-ring (bicyclic) bond motifs is 1. The number of thioether (sulfide) groups is 1. The molecule has 1 amide bonds. The van der Waals surface area contributed by atoms with E-state index in [4.69, 9.17) is 4.74 Å². The Balaban J connectivity index is 1.93. The molecular weight excluding hydrogens is 415 g/mol. The van der Waals surface area contributed by atoms with Crippen LogP contribution in [0.3, 0.4) is 0 Å². The molecule has 0 fully saturated rings. The monoisotopic (exact) mass is 446 g/mol. The molecule has 0 spiro atoms. The zero-order chi connectivity index (χ0) is 22.6. The zero-order valence-corrected chi connectivity index (χ0v) is 19.4. The number of anilines is 2. The van der Waals surface area contributed by atoms with Gasteiger partial charge < -0.3 is 20.1 Å². The second-order valence-corrected chi connectivity index (χ2v) is 10.2. The van der Waals surface area contributed by atoms with Gasteiger partial charge in [-0.1, -0.05) is 33.8 Å². The third-order valence-electron chi connectivity index (χ3n) is 4.97. The predicted octanol–water partition coefficient (Wildman–Crippen LogP) is 5.20. The molecule has 2 aromatic rings. The summed E-state index contributed by atoms with van der Waals surface area (Å²) in [5.74, 6) is 1.03. The molecule has 0 unspecified atom stereocenters. The van der Waals surface area contributed by atoms with Crippen molar-refractivity contribution in [1.82, 2.24) is 0 Å². The lowest BCUT2D eigenvalue weighted by molar-refractivity contribution is -0.117. The summed E-state index contributed by atoms with van der Waals surface area (Å²) in [6.07, 6.45) is 0.395. The number of amides is 1. The molecule has 2 aromatic carbocycles. The van der Waals surface area contributed by atoms with Crippen molar-refractivity contribution in [3.05, 3.63) is 47.3 Å². The Morgan fingerprint density at radius 1 is 1.29 bits per heavy atom. The second kappa shape index (κ2) is 9.92. The standard InChI is InChI=1S/C24H31FN2O3S/c1-5-31-21-12-19(10-17(15-28)23(21)26-22(29)13-24(2,3)4)27-8-9-30-20-11-18(25)7-6-16(20)14-27/h6-7,10-12,28H,5,8-9,13-15H2,1-4H3,(H,26,29). The van der Waals surface area contributed by atoms with Crippen molar-refractivity contribution < 1.29 is 19.0 Å². The minimum atomic E-state index is -0.313. The number of aliphatic hydroxyl groups excluding tert-OH is 1. The van der Waals surface area contributed by atoms with Gasteiger partial charge in [-0.05, 0) is 29.4 Å². The van der Waals surface area contributed by atoms with E-state index in [0.717, 1.165) is 21.9 Å². The lowest BCUT2D eigenvalue weighted by atomic mass is 9.92. The average molecular weight is 447 g/mol. The molecule has 2 N–H and O–H groups in total. The SMILES string of the molecule is CCSc1cc(N2CCOc3cc(F)ccc3C2)cc(CO)c1NC(=O)CC(C)(C)C. The first-order valence-corrected chi connectivity index (χ1v) is 11.6. The number of rotatable bonds is 6. The van der Waals surface area contributed by atoms with Gasteiger partial charge in [0.2, 0.25) is 5.91 Å². The van der Waals surface area contributed by atoms with Crippen LogP contribution in [-0.2, 0) is 17.9 Å². The van der Waals surface area contributed by atoms with Crippen LogP contribution >= 0.6 is 11.8 Å². The maximum absolute atomic E-state index is 13.6. The van der Waals surface area contributed by atoms with Gasteiger partial charge in [-0.15, -0.1) is 11.8 Å². The fourth-order valence-electron chi connectivity index (χ4n) is 3.61. The fourth-order valence-corrected chi connectivity index (χ4v) is 4.45. The number of hydrogen-bond donors (Lipinski definition) is 2. The number of halogens is 1. The third-order valence-corrected chi connectivity index (χ3v) is 5.89. The fraction of sp³-hybridized carbons (Fsp3) is 0.458. The van der Waals surface area contributed by atoms with Gasteiger partial charge in [-0.2, -0.15) is 0 Å². The lowest BCUT2D eigenvalue weighted by Gasteiger charge is -2.26. The number of hydrogen-bond acceptors (Lipinski definition) is 5. The molecule has 1 aliphatic rings. The number of nitrogens with zero attached hydrogens (tertiary/aromatic N) is 1. The number of benzene rings is 2. The zero-order valence-electron chi connectivity index (χ0n) is 18.6. The molecule has 0 saturated heterocycles. The van der Waals surface area contributed by atoms with Crippen molar-refractivity contribution in [2.75, 3.05) is 29.1 Å². The summed E-state index contributed by atoms with van der Waals surface area (Å²) in [5.41, 5.74) is 3.09. The number of carbonyl (C=O) groups is 1. The van der Waals surface area contributed by atoms with Crippen LogP contribution in [0.15, 0.2) is 35.2 Å². The Morgan fingerprint density at radius 2 is 2.06 bits per heavy atom. The Bertz CT molecular complexity index is 943. The first kappa shape index (κ1) is 23.4. The number of aliphatic hydroxyl groups is 1. The van der Waals surface area contributed by atoms with Crippen LogP contribution < -0.4 is 15.0 Å². The van der Waals surface area contributed by atoms with E-state index in [1.165, 1.54) is 12.1 Å². The largest absolute Gasteiger partial charge is 0.491 e. The average Bonchev–Trinajstić information content (AvgIpc) is 2.89. The first-order chi connectivity index (χ1) is 14.7. The molecule has 31 heavy (non-hydrogen) atoms. The second-order valence-electron chi connectivity index (χ2n) is 8.88. The van der Waals surface area contributed by atoms with Gasteiger partial charge >= 0.3 is 0 Å². The summed E-state index contributed by atoms with van der Waals surface area (Å²) in [6, 6.07) is 8.58. The van der Waals surface area contributed by atoms with E-state index >= 15 is 0 Å². The lowest BCUT2D eigenvalue weighted by Crippen LogP contribution is -2.26. The molecule has 1 aliphatic heterocycles. The highest BCUT2D eigenvalue weighted by atomic mass is 32.2. The summed E-state index contributed by atoms with van der Waals surface area (Å²) in [6.45, 7) is 9.59. The van der Waals surface area contributed by atoms with Gasteiger partial charge in [0.05, 0.1) is 18.8 Å². The van der Waals surface area contributed by atoms with Crippen molar-refractivity contribution in [1.29, 1.82) is 0 Å². The summed E-state index contributed by atoms with van der Waals surface area (Å²) >= 11 is 1.63. The van der Waals surface area contributed by atoms with Crippen LogP contribution in [0.1, 0.15) is 45.2 Å². The topological polar surface area (TPSA) is 61.8 Å². The highest BCUT2D eigenvalue weighted by Gasteiger charge is 2.22. The van der Waals surface area contributed by atoms with E-state index in [1.54, 1.807) is 17.8 Å². The highest BCUT2D eigenvalue weighted by Crippen LogP contribution is 2.37. The molecule has 0 radical (unpaired) electrons. The molecule has 168 valence electrons. The molecule has 0 saturated carbocycles. The van der Waals surface area contributed by atoms with Crippen LogP contribution in [0.5, 0.6) is 5.75 Å². The van der Waals surface area contributed by atoms with E-state index in [1.807, 2.05) is 26.8 Å². The molecule has 5 nitrogen and oxygen atoms in total. The first-order valence-electron chi connectivity index (χ1n) is 10.6. The number of nitrogens with one attached hydrogen (secondary N) is 1. The molecule has 0 bridgehead atoms. The van der Waals surface area contributed by atoms with Crippen LogP contribution in [-0.4, -0.2) is 29.9 Å². The van der Waals surface area contributed by atoms with E-state index in [9.17, 15) is 14.3 Å². The molecule has 7 heteroatoms. The van der Waals surface area contributed by atoms with Gasteiger partial charge in [-0.25, -0.2) is 4.39 Å². The van der Waals surface area contributed by atoms with E-state index < -0.39 is 0 Å². The smallest absolute Gasteiger partial charge is 0.224 e. The van der Waals surface area contributed by atoms with Crippen LogP contribution in [0.4, 0.5) is 15.8 Å². The minimum absolute atomic E-state index is 0.0629. The van der Waals surface area contributed by atoms with Crippen molar-refractivity contribution in [2.45, 2.75) is 52.2 Å². The van der Waals surface area contributed by atoms with E-state index in [2.05, 4.69) is 23.2 Å². The highest BCUT2D eigenvalue weighted by molar-refractivity contribution is 7.99. The molecular formula is C24H31FN2O3S. The molecule has 1 heterocycles. The summed E-state index contributed by atoms with van der Waals surface area (Å²) in [7, 11) is 0. The van der Waals surface area contributed by atoms with Crippen molar-refractivity contribution in [3.63, 3.8) is 0 Å². The van der Waals surface area contributed by atoms with Crippen LogP contribution in [0.25, 0.3) is 0 Å². The third kappa shape index (κ3) is 6.14. The molecule has 0 aromatic heterocycles. The minimum Gasteiger partial charge on any atom is -0.491 e. The van der Waals surface area contributed by atoms with Gasteiger partial charge in [0.25, 0.3) is 0 Å². The van der Waals surface area contributed by atoms with Gasteiger partial charge in [0.15, 0.2) is 0 Å². The Hall–Kier alpha value is -2.25. The molecule has 0 atom stereocenters. The molecule has 0 aliphatic carbocycles. The summed E-state index contributed by atoms with van der Waals surface area (Å²) in [5, 5.41) is 13.1. The van der Waals surface area contributed by atoms with Crippen molar-refractivity contribution >= 4 is 29.0 Å². The predicted molar refractivity (Wildman–Crippen MR) is 124 cm³/mol. The van der Waals surface area contributed by atoms with Gasteiger partial charge in [0, 0.05) is 40.7 Å². The summed E-state index contributed by atoms with van der Waals surface area (Å²) in [4.78, 5) is 15.7.